The van der Waals surface area contributed by atoms with E-state index in [-0.39, 0.29) is 16.6 Å². The molecule has 7 nitrogen and oxygen atoms in total. The van der Waals surface area contributed by atoms with Crippen LogP contribution in [0.3, 0.4) is 0 Å². The van der Waals surface area contributed by atoms with Crippen molar-refractivity contribution >= 4 is 17.5 Å². The Bertz CT molecular complexity index is 944. The third kappa shape index (κ3) is 4.37. The van der Waals surface area contributed by atoms with Crippen LogP contribution in [-0.4, -0.2) is 50.1 Å². The number of carbonyl (C=O) groups is 1. The fraction of sp³-hybridized carbons (Fsp3) is 0.636. The first-order chi connectivity index (χ1) is 14.2. The molecule has 4 rings (SSSR count). The standard InChI is InChI=1S/C22H30ClN5O2/c1-14(29)27-8-5-17-16(12-27)19(26-21(23)25-17)18-13-28(20(24-18)22(2,3)4)11-15-6-9-30-10-7-15/h13,15H,5-12H2,1-4H3. The Balaban J connectivity index is 1.75. The van der Waals surface area contributed by atoms with Crippen molar-refractivity contribution in [1.29, 1.82) is 0 Å². The smallest absolute Gasteiger partial charge is 0.223 e. The van der Waals surface area contributed by atoms with E-state index < -0.39 is 0 Å². The van der Waals surface area contributed by atoms with Crippen molar-refractivity contribution in [2.75, 3.05) is 19.8 Å². The van der Waals surface area contributed by atoms with Gasteiger partial charge in [0.25, 0.3) is 0 Å². The van der Waals surface area contributed by atoms with Gasteiger partial charge in [0.15, 0.2) is 0 Å². The van der Waals surface area contributed by atoms with Crippen LogP contribution in [0.4, 0.5) is 0 Å². The van der Waals surface area contributed by atoms with Crippen LogP contribution in [0.15, 0.2) is 6.20 Å². The van der Waals surface area contributed by atoms with E-state index in [9.17, 15) is 4.79 Å². The molecule has 1 saturated heterocycles. The number of aromatic nitrogens is 4. The van der Waals surface area contributed by atoms with Gasteiger partial charge in [-0.1, -0.05) is 20.8 Å². The normalized spacial score (nSPS) is 17.8. The number of carbonyl (C=O) groups excluding carboxylic acids is 1. The number of fused-ring (bicyclic) bond motifs is 1. The summed E-state index contributed by atoms with van der Waals surface area (Å²) < 4.78 is 7.80. The zero-order chi connectivity index (χ0) is 21.5. The van der Waals surface area contributed by atoms with Crippen molar-refractivity contribution in [2.45, 2.75) is 65.5 Å². The molecule has 162 valence electrons. The van der Waals surface area contributed by atoms with E-state index in [1.54, 1.807) is 6.92 Å². The van der Waals surface area contributed by atoms with Gasteiger partial charge in [0.2, 0.25) is 11.2 Å². The molecule has 0 radical (unpaired) electrons. The minimum Gasteiger partial charge on any atom is -0.381 e. The minimum absolute atomic E-state index is 0.0574. The van der Waals surface area contributed by atoms with Crippen molar-refractivity contribution < 1.29 is 9.53 Å². The van der Waals surface area contributed by atoms with Crippen LogP contribution < -0.4 is 0 Å². The van der Waals surface area contributed by atoms with E-state index in [0.29, 0.717) is 25.4 Å². The Kier molecular flexibility index (Phi) is 5.86. The number of nitrogens with zero attached hydrogens (tertiary/aromatic N) is 5. The molecule has 4 heterocycles. The second-order valence-electron chi connectivity index (χ2n) is 9.36. The van der Waals surface area contributed by atoms with Gasteiger partial charge in [-0.05, 0) is 30.4 Å². The zero-order valence-electron chi connectivity index (χ0n) is 18.2. The summed E-state index contributed by atoms with van der Waals surface area (Å²) in [5, 5.41) is 0.233. The molecule has 0 bridgehead atoms. The van der Waals surface area contributed by atoms with Gasteiger partial charge >= 0.3 is 0 Å². The number of hydrogen-bond donors (Lipinski definition) is 0. The van der Waals surface area contributed by atoms with Crippen molar-refractivity contribution in [3.8, 4) is 11.4 Å². The van der Waals surface area contributed by atoms with Gasteiger partial charge in [0.05, 0.1) is 5.69 Å². The van der Waals surface area contributed by atoms with Gasteiger partial charge in [0, 0.05) is 63.4 Å². The van der Waals surface area contributed by atoms with E-state index in [2.05, 4.69) is 41.5 Å². The quantitative estimate of drug-likeness (QED) is 0.694. The Morgan fingerprint density at radius 1 is 1.23 bits per heavy atom. The second kappa shape index (κ2) is 8.27. The van der Waals surface area contributed by atoms with Gasteiger partial charge in [-0.25, -0.2) is 15.0 Å². The number of rotatable bonds is 3. The molecule has 30 heavy (non-hydrogen) atoms. The van der Waals surface area contributed by atoms with Gasteiger partial charge in [-0.15, -0.1) is 0 Å². The van der Waals surface area contributed by atoms with Crippen molar-refractivity contribution in [3.63, 3.8) is 0 Å². The molecule has 0 N–H and O–H groups in total. The highest BCUT2D eigenvalue weighted by Gasteiger charge is 2.29. The molecule has 0 atom stereocenters. The molecule has 0 unspecified atom stereocenters. The van der Waals surface area contributed by atoms with E-state index in [4.69, 9.17) is 21.3 Å². The van der Waals surface area contributed by atoms with Crippen LogP contribution in [0.1, 0.15) is 57.6 Å². The number of amides is 1. The lowest BCUT2D eigenvalue weighted by Gasteiger charge is -2.28. The van der Waals surface area contributed by atoms with Crippen LogP contribution in [0.5, 0.6) is 0 Å². The first-order valence-corrected chi connectivity index (χ1v) is 11.1. The summed E-state index contributed by atoms with van der Waals surface area (Å²) in [5.74, 6) is 1.67. The van der Waals surface area contributed by atoms with E-state index in [1.807, 2.05) is 4.90 Å². The maximum Gasteiger partial charge on any atom is 0.223 e. The summed E-state index contributed by atoms with van der Waals surface area (Å²) in [6.07, 6.45) is 4.92. The second-order valence-corrected chi connectivity index (χ2v) is 9.70. The zero-order valence-corrected chi connectivity index (χ0v) is 19.0. The average Bonchev–Trinajstić information content (AvgIpc) is 3.11. The summed E-state index contributed by atoms with van der Waals surface area (Å²) in [7, 11) is 0. The third-order valence-electron chi connectivity index (χ3n) is 5.96. The van der Waals surface area contributed by atoms with Gasteiger partial charge in [-0.3, -0.25) is 4.79 Å². The highest BCUT2D eigenvalue weighted by molar-refractivity contribution is 6.28. The van der Waals surface area contributed by atoms with Crippen LogP contribution in [0, 0.1) is 5.92 Å². The molecule has 2 aliphatic rings. The number of ether oxygens (including phenoxy) is 1. The summed E-state index contributed by atoms with van der Waals surface area (Å²) in [5.41, 5.74) is 3.31. The molecule has 2 aromatic heterocycles. The molecule has 0 saturated carbocycles. The molecule has 1 amide bonds. The van der Waals surface area contributed by atoms with Gasteiger partial charge in [0.1, 0.15) is 17.2 Å². The fourth-order valence-corrected chi connectivity index (χ4v) is 4.53. The third-order valence-corrected chi connectivity index (χ3v) is 6.13. The summed E-state index contributed by atoms with van der Waals surface area (Å²) >= 11 is 6.27. The van der Waals surface area contributed by atoms with E-state index in [0.717, 1.165) is 61.1 Å². The Labute approximate surface area is 182 Å². The minimum atomic E-state index is -0.105. The van der Waals surface area contributed by atoms with E-state index >= 15 is 0 Å². The predicted octanol–water partition coefficient (Wildman–Crippen LogP) is 3.62. The molecule has 0 aromatic carbocycles. The Morgan fingerprint density at radius 3 is 2.63 bits per heavy atom. The van der Waals surface area contributed by atoms with E-state index in [1.165, 1.54) is 0 Å². The van der Waals surface area contributed by atoms with Gasteiger partial charge < -0.3 is 14.2 Å². The molecule has 0 aliphatic carbocycles. The number of imidazole rings is 1. The Hall–Kier alpha value is -1.99. The lowest BCUT2D eigenvalue weighted by molar-refractivity contribution is -0.129. The van der Waals surface area contributed by atoms with Crippen molar-refractivity contribution in [1.82, 2.24) is 24.4 Å². The largest absolute Gasteiger partial charge is 0.381 e. The van der Waals surface area contributed by atoms with Crippen LogP contribution in [0.2, 0.25) is 5.28 Å². The molecule has 1 fully saturated rings. The van der Waals surface area contributed by atoms with Crippen molar-refractivity contribution in [3.05, 3.63) is 28.6 Å². The monoisotopic (exact) mass is 431 g/mol. The first-order valence-electron chi connectivity index (χ1n) is 10.7. The van der Waals surface area contributed by atoms with Crippen molar-refractivity contribution in [2.24, 2.45) is 5.92 Å². The number of halogens is 1. The lowest BCUT2D eigenvalue weighted by atomic mass is 9.94. The SMILES string of the molecule is CC(=O)N1CCc2nc(Cl)nc(-c3cn(CC4CCOCC4)c(C(C)(C)C)n3)c2C1. The first kappa shape index (κ1) is 21.2. The summed E-state index contributed by atoms with van der Waals surface area (Å²) in [4.78, 5) is 27.8. The van der Waals surface area contributed by atoms with Crippen LogP contribution in [0.25, 0.3) is 11.4 Å². The van der Waals surface area contributed by atoms with Gasteiger partial charge in [-0.2, -0.15) is 0 Å². The highest BCUT2D eigenvalue weighted by atomic mass is 35.5. The average molecular weight is 432 g/mol. The topological polar surface area (TPSA) is 73.1 Å². The summed E-state index contributed by atoms with van der Waals surface area (Å²) in [6.45, 7) is 11.9. The maximum absolute atomic E-state index is 12.0. The molecule has 2 aromatic rings. The lowest BCUT2D eigenvalue weighted by Crippen LogP contribution is -2.35. The fourth-order valence-electron chi connectivity index (χ4n) is 4.34. The Morgan fingerprint density at radius 2 is 1.97 bits per heavy atom. The van der Waals surface area contributed by atoms with Crippen LogP contribution >= 0.6 is 11.6 Å². The molecular formula is C22H30ClN5O2. The molecular weight excluding hydrogens is 402 g/mol. The molecule has 0 spiro atoms. The van der Waals surface area contributed by atoms with Crippen LogP contribution in [-0.2, 0) is 34.5 Å². The highest BCUT2D eigenvalue weighted by Crippen LogP contribution is 2.32. The summed E-state index contributed by atoms with van der Waals surface area (Å²) in [6, 6.07) is 0. The number of hydrogen-bond acceptors (Lipinski definition) is 5. The molecule has 2 aliphatic heterocycles. The molecule has 8 heteroatoms. The predicted molar refractivity (Wildman–Crippen MR) is 115 cm³/mol. The maximum atomic E-state index is 12.0.